The first kappa shape index (κ1) is 15.4. The van der Waals surface area contributed by atoms with Crippen LogP contribution in [0.15, 0.2) is 36.4 Å². The van der Waals surface area contributed by atoms with Crippen molar-refractivity contribution in [3.63, 3.8) is 0 Å². The van der Waals surface area contributed by atoms with E-state index in [1.165, 1.54) is 25.3 Å². The van der Waals surface area contributed by atoms with E-state index in [1.807, 2.05) is 13.8 Å². The molecule has 4 heteroatoms. The number of benzene rings is 2. The van der Waals surface area contributed by atoms with Gasteiger partial charge in [0.1, 0.15) is 5.82 Å². The molecular weight excluding hydrogens is 272 g/mol. The van der Waals surface area contributed by atoms with Gasteiger partial charge in [-0.2, -0.15) is 0 Å². The van der Waals surface area contributed by atoms with Gasteiger partial charge in [-0.3, -0.25) is 0 Å². The largest absolute Gasteiger partial charge is 0.494 e. The van der Waals surface area contributed by atoms with E-state index in [0.29, 0.717) is 29.3 Å². The highest BCUT2D eigenvalue weighted by molar-refractivity contribution is 5.65. The van der Waals surface area contributed by atoms with Crippen molar-refractivity contribution in [3.8, 4) is 16.9 Å². The summed E-state index contributed by atoms with van der Waals surface area (Å²) in [6, 6.07) is 9.83. The SMILES string of the molecule is COc1ccc(-c2ccc(CNC(C)C)c(F)c2)cc1F. The van der Waals surface area contributed by atoms with Gasteiger partial charge in [-0.25, -0.2) is 8.78 Å². The molecule has 0 aliphatic carbocycles. The highest BCUT2D eigenvalue weighted by atomic mass is 19.1. The molecule has 0 fully saturated rings. The lowest BCUT2D eigenvalue weighted by Crippen LogP contribution is -2.22. The molecule has 1 N–H and O–H groups in total. The molecule has 0 spiro atoms. The Morgan fingerprint density at radius 3 is 2.14 bits per heavy atom. The van der Waals surface area contributed by atoms with Gasteiger partial charge in [0.25, 0.3) is 0 Å². The quantitative estimate of drug-likeness (QED) is 0.894. The smallest absolute Gasteiger partial charge is 0.165 e. The fraction of sp³-hybridized carbons (Fsp3) is 0.294. The van der Waals surface area contributed by atoms with Crippen LogP contribution in [0, 0.1) is 11.6 Å². The standard InChI is InChI=1S/C17H19F2NO/c1-11(2)20-10-14-5-4-12(8-15(14)18)13-6-7-17(21-3)16(19)9-13/h4-9,11,20H,10H2,1-3H3. The summed E-state index contributed by atoms with van der Waals surface area (Å²) in [5.74, 6) is -0.574. The number of nitrogens with one attached hydrogen (secondary N) is 1. The van der Waals surface area contributed by atoms with Crippen molar-refractivity contribution in [3.05, 3.63) is 53.6 Å². The van der Waals surface area contributed by atoms with Gasteiger partial charge in [-0.05, 0) is 29.3 Å². The van der Waals surface area contributed by atoms with Crippen LogP contribution >= 0.6 is 0 Å². The van der Waals surface area contributed by atoms with Crippen LogP contribution in [-0.4, -0.2) is 13.2 Å². The molecule has 2 nitrogen and oxygen atoms in total. The van der Waals surface area contributed by atoms with E-state index in [2.05, 4.69) is 5.32 Å². The van der Waals surface area contributed by atoms with Crippen LogP contribution in [0.2, 0.25) is 0 Å². The number of hydrogen-bond donors (Lipinski definition) is 1. The Morgan fingerprint density at radius 1 is 1.00 bits per heavy atom. The maximum Gasteiger partial charge on any atom is 0.165 e. The molecule has 0 saturated heterocycles. The topological polar surface area (TPSA) is 21.3 Å². The van der Waals surface area contributed by atoms with E-state index in [1.54, 1.807) is 18.2 Å². The van der Waals surface area contributed by atoms with Crippen LogP contribution in [0.5, 0.6) is 5.75 Å². The van der Waals surface area contributed by atoms with E-state index in [4.69, 9.17) is 4.74 Å². The maximum atomic E-state index is 14.1. The van der Waals surface area contributed by atoms with Gasteiger partial charge in [0.15, 0.2) is 11.6 Å². The lowest BCUT2D eigenvalue weighted by Gasteiger charge is -2.11. The molecule has 0 saturated carbocycles. The molecule has 0 bridgehead atoms. The first-order valence-corrected chi connectivity index (χ1v) is 6.87. The van der Waals surface area contributed by atoms with Crippen molar-refractivity contribution in [2.75, 3.05) is 7.11 Å². The summed E-state index contributed by atoms with van der Waals surface area (Å²) in [4.78, 5) is 0. The van der Waals surface area contributed by atoms with Gasteiger partial charge in [0, 0.05) is 18.2 Å². The molecule has 2 aromatic carbocycles. The highest BCUT2D eigenvalue weighted by Crippen LogP contribution is 2.26. The molecule has 0 atom stereocenters. The summed E-state index contributed by atoms with van der Waals surface area (Å²) >= 11 is 0. The van der Waals surface area contributed by atoms with Gasteiger partial charge in [0.2, 0.25) is 0 Å². The van der Waals surface area contributed by atoms with Crippen LogP contribution in [0.1, 0.15) is 19.4 Å². The fourth-order valence-electron chi connectivity index (χ4n) is 2.03. The Hall–Kier alpha value is -1.94. The zero-order chi connectivity index (χ0) is 15.4. The Balaban J connectivity index is 2.25. The number of methoxy groups -OCH3 is 1. The molecule has 112 valence electrons. The summed E-state index contributed by atoms with van der Waals surface area (Å²) in [5.41, 5.74) is 1.86. The van der Waals surface area contributed by atoms with Gasteiger partial charge in [-0.1, -0.05) is 32.0 Å². The third-order valence-electron chi connectivity index (χ3n) is 3.24. The minimum atomic E-state index is -0.457. The van der Waals surface area contributed by atoms with E-state index < -0.39 is 5.82 Å². The second-order valence-electron chi connectivity index (χ2n) is 5.19. The average Bonchev–Trinajstić information content (AvgIpc) is 2.45. The van der Waals surface area contributed by atoms with Gasteiger partial charge in [0.05, 0.1) is 7.11 Å². The minimum Gasteiger partial charge on any atom is -0.494 e. The average molecular weight is 291 g/mol. The third kappa shape index (κ3) is 3.79. The first-order valence-electron chi connectivity index (χ1n) is 6.87. The molecule has 0 aliphatic rings. The molecule has 0 aromatic heterocycles. The summed E-state index contributed by atoms with van der Waals surface area (Å²) in [5, 5.41) is 3.17. The minimum absolute atomic E-state index is 0.178. The summed E-state index contributed by atoms with van der Waals surface area (Å²) < 4.78 is 32.6. The summed E-state index contributed by atoms with van der Waals surface area (Å²) in [6.07, 6.45) is 0. The van der Waals surface area contributed by atoms with Crippen molar-refractivity contribution in [2.45, 2.75) is 26.4 Å². The molecule has 0 heterocycles. The van der Waals surface area contributed by atoms with Gasteiger partial charge < -0.3 is 10.1 Å². The maximum absolute atomic E-state index is 14.1. The zero-order valence-corrected chi connectivity index (χ0v) is 12.4. The van der Waals surface area contributed by atoms with Crippen molar-refractivity contribution >= 4 is 0 Å². The van der Waals surface area contributed by atoms with E-state index in [-0.39, 0.29) is 11.6 Å². The molecular formula is C17H19F2NO. The van der Waals surface area contributed by atoms with Gasteiger partial charge in [-0.15, -0.1) is 0 Å². The Labute approximate surface area is 123 Å². The molecule has 0 radical (unpaired) electrons. The number of hydrogen-bond acceptors (Lipinski definition) is 2. The molecule has 21 heavy (non-hydrogen) atoms. The van der Waals surface area contributed by atoms with Crippen LogP contribution in [-0.2, 0) is 6.54 Å². The Morgan fingerprint density at radius 2 is 1.62 bits per heavy atom. The van der Waals surface area contributed by atoms with E-state index in [0.717, 1.165) is 0 Å². The zero-order valence-electron chi connectivity index (χ0n) is 12.4. The lowest BCUT2D eigenvalue weighted by molar-refractivity contribution is 0.386. The van der Waals surface area contributed by atoms with Crippen LogP contribution < -0.4 is 10.1 Å². The Kier molecular flexibility index (Phi) is 4.91. The van der Waals surface area contributed by atoms with Crippen molar-refractivity contribution < 1.29 is 13.5 Å². The number of halogens is 2. The third-order valence-corrected chi connectivity index (χ3v) is 3.24. The van der Waals surface area contributed by atoms with Crippen molar-refractivity contribution in [1.29, 1.82) is 0 Å². The first-order chi connectivity index (χ1) is 10.0. The monoisotopic (exact) mass is 291 g/mol. The van der Waals surface area contributed by atoms with Crippen LogP contribution in [0.4, 0.5) is 8.78 Å². The second-order valence-corrected chi connectivity index (χ2v) is 5.19. The molecule has 0 amide bonds. The molecule has 2 aromatic rings. The van der Waals surface area contributed by atoms with Crippen LogP contribution in [0.25, 0.3) is 11.1 Å². The molecule has 0 unspecified atom stereocenters. The fourth-order valence-corrected chi connectivity index (χ4v) is 2.03. The number of ether oxygens (including phenoxy) is 1. The van der Waals surface area contributed by atoms with Crippen LogP contribution in [0.3, 0.4) is 0 Å². The van der Waals surface area contributed by atoms with Crippen molar-refractivity contribution in [2.24, 2.45) is 0 Å². The van der Waals surface area contributed by atoms with E-state index in [9.17, 15) is 8.78 Å². The summed E-state index contributed by atoms with van der Waals surface area (Å²) in [7, 11) is 1.41. The Bertz CT molecular complexity index is 626. The highest BCUT2D eigenvalue weighted by Gasteiger charge is 2.08. The van der Waals surface area contributed by atoms with Gasteiger partial charge >= 0.3 is 0 Å². The predicted molar refractivity (Wildman–Crippen MR) is 80.3 cm³/mol. The molecule has 0 aliphatic heterocycles. The lowest BCUT2D eigenvalue weighted by atomic mass is 10.0. The predicted octanol–water partition coefficient (Wildman–Crippen LogP) is 4.14. The molecule has 2 rings (SSSR count). The summed E-state index contributed by atoms with van der Waals surface area (Å²) in [6.45, 7) is 4.49. The second kappa shape index (κ2) is 6.68. The van der Waals surface area contributed by atoms with Crippen molar-refractivity contribution in [1.82, 2.24) is 5.32 Å². The number of rotatable bonds is 5. The van der Waals surface area contributed by atoms with E-state index >= 15 is 0 Å². The normalized spacial score (nSPS) is 11.0.